The van der Waals surface area contributed by atoms with Gasteiger partial charge in [-0.3, -0.25) is 0 Å². The van der Waals surface area contributed by atoms with Crippen molar-refractivity contribution in [2.45, 2.75) is 32.5 Å². The van der Waals surface area contributed by atoms with Crippen LogP contribution in [0.4, 0.5) is 0 Å². The van der Waals surface area contributed by atoms with Crippen LogP contribution in [0.5, 0.6) is 11.5 Å². The summed E-state index contributed by atoms with van der Waals surface area (Å²) in [5.74, 6) is 1.30. The van der Waals surface area contributed by atoms with Crippen LogP contribution >= 0.6 is 27.5 Å². The summed E-state index contributed by atoms with van der Waals surface area (Å²) in [6, 6.07) is 11.5. The van der Waals surface area contributed by atoms with Crippen molar-refractivity contribution >= 4 is 27.5 Å². The Labute approximate surface area is 162 Å². The highest BCUT2D eigenvalue weighted by Crippen LogP contribution is 2.34. The molecule has 2 aromatic carbocycles. The molecular weight excluding hydrogens is 406 g/mol. The van der Waals surface area contributed by atoms with E-state index in [1.165, 1.54) is 0 Å². The highest BCUT2D eigenvalue weighted by atomic mass is 79.9. The molecule has 6 heteroatoms. The van der Waals surface area contributed by atoms with Gasteiger partial charge >= 0.3 is 0 Å². The van der Waals surface area contributed by atoms with E-state index in [0.717, 1.165) is 22.0 Å². The van der Waals surface area contributed by atoms with Gasteiger partial charge < -0.3 is 19.9 Å². The SMILES string of the molecule is CCC(CO)NCc1cc(OC)c(OCc2ccccc2Cl)cc1Br. The Morgan fingerprint density at radius 2 is 1.96 bits per heavy atom. The summed E-state index contributed by atoms with van der Waals surface area (Å²) in [5.41, 5.74) is 1.95. The summed E-state index contributed by atoms with van der Waals surface area (Å²) in [6.45, 7) is 3.14. The molecule has 0 spiro atoms. The lowest BCUT2D eigenvalue weighted by atomic mass is 10.1. The van der Waals surface area contributed by atoms with Crippen molar-refractivity contribution in [1.29, 1.82) is 0 Å². The second-order valence-electron chi connectivity index (χ2n) is 5.64. The molecule has 0 radical (unpaired) electrons. The fraction of sp³-hybridized carbons (Fsp3) is 0.368. The van der Waals surface area contributed by atoms with Gasteiger partial charge in [0.1, 0.15) is 6.61 Å². The maximum Gasteiger partial charge on any atom is 0.162 e. The molecule has 4 nitrogen and oxygen atoms in total. The number of benzene rings is 2. The topological polar surface area (TPSA) is 50.7 Å². The molecule has 136 valence electrons. The number of rotatable bonds is 9. The fourth-order valence-corrected chi connectivity index (χ4v) is 3.00. The predicted octanol–water partition coefficient (Wildman–Crippen LogP) is 4.55. The molecule has 0 saturated heterocycles. The van der Waals surface area contributed by atoms with Crippen molar-refractivity contribution in [2.75, 3.05) is 13.7 Å². The molecular formula is C19H23BrClNO3. The van der Waals surface area contributed by atoms with Gasteiger partial charge in [-0.15, -0.1) is 0 Å². The van der Waals surface area contributed by atoms with Crippen molar-refractivity contribution in [3.63, 3.8) is 0 Å². The fourth-order valence-electron chi connectivity index (χ4n) is 2.35. The Hall–Kier alpha value is -1.27. The minimum Gasteiger partial charge on any atom is -0.493 e. The lowest BCUT2D eigenvalue weighted by Crippen LogP contribution is -2.31. The molecule has 1 atom stereocenters. The average Bonchev–Trinajstić information content (AvgIpc) is 2.63. The van der Waals surface area contributed by atoms with E-state index < -0.39 is 0 Å². The number of aliphatic hydroxyl groups is 1. The number of hydrogen-bond donors (Lipinski definition) is 2. The van der Waals surface area contributed by atoms with Gasteiger partial charge in [0.05, 0.1) is 13.7 Å². The van der Waals surface area contributed by atoms with Crippen molar-refractivity contribution in [3.05, 3.63) is 57.0 Å². The third kappa shape index (κ3) is 5.61. The number of ether oxygens (including phenoxy) is 2. The number of nitrogens with one attached hydrogen (secondary N) is 1. The van der Waals surface area contributed by atoms with Crippen LogP contribution in [0.2, 0.25) is 5.02 Å². The molecule has 1 unspecified atom stereocenters. The van der Waals surface area contributed by atoms with E-state index in [-0.39, 0.29) is 12.6 Å². The molecule has 0 aromatic heterocycles. The van der Waals surface area contributed by atoms with Gasteiger partial charge in [-0.25, -0.2) is 0 Å². The molecule has 25 heavy (non-hydrogen) atoms. The number of aliphatic hydroxyl groups excluding tert-OH is 1. The van der Waals surface area contributed by atoms with E-state index in [0.29, 0.717) is 29.7 Å². The minimum absolute atomic E-state index is 0.0778. The van der Waals surface area contributed by atoms with Gasteiger partial charge in [0.15, 0.2) is 11.5 Å². The van der Waals surface area contributed by atoms with E-state index in [2.05, 4.69) is 21.2 Å². The zero-order valence-corrected chi connectivity index (χ0v) is 16.7. The van der Waals surface area contributed by atoms with Crippen LogP contribution in [-0.2, 0) is 13.2 Å². The van der Waals surface area contributed by atoms with Crippen molar-refractivity contribution in [3.8, 4) is 11.5 Å². The Balaban J connectivity index is 2.11. The van der Waals surface area contributed by atoms with Crippen LogP contribution < -0.4 is 14.8 Å². The molecule has 0 fully saturated rings. The summed E-state index contributed by atoms with van der Waals surface area (Å²) < 4.78 is 12.3. The maximum absolute atomic E-state index is 9.29. The Bertz CT molecular complexity index is 692. The normalized spacial score (nSPS) is 12.0. The second kappa shape index (κ2) is 10.0. The van der Waals surface area contributed by atoms with E-state index in [1.54, 1.807) is 7.11 Å². The summed E-state index contributed by atoms with van der Waals surface area (Å²) in [4.78, 5) is 0. The number of hydrogen-bond acceptors (Lipinski definition) is 4. The van der Waals surface area contributed by atoms with Crippen LogP contribution in [-0.4, -0.2) is 24.9 Å². The smallest absolute Gasteiger partial charge is 0.162 e. The molecule has 2 N–H and O–H groups in total. The monoisotopic (exact) mass is 427 g/mol. The molecule has 2 aromatic rings. The van der Waals surface area contributed by atoms with Gasteiger partial charge in [-0.05, 0) is 30.2 Å². The van der Waals surface area contributed by atoms with E-state index in [4.69, 9.17) is 21.1 Å². The largest absolute Gasteiger partial charge is 0.493 e. The maximum atomic E-state index is 9.29. The minimum atomic E-state index is 0.0778. The van der Waals surface area contributed by atoms with E-state index in [1.807, 2.05) is 43.3 Å². The van der Waals surface area contributed by atoms with Gasteiger partial charge in [0, 0.05) is 27.6 Å². The van der Waals surface area contributed by atoms with Crippen LogP contribution in [0.25, 0.3) is 0 Å². The Kier molecular flexibility index (Phi) is 8.03. The van der Waals surface area contributed by atoms with Gasteiger partial charge in [-0.2, -0.15) is 0 Å². The van der Waals surface area contributed by atoms with Gasteiger partial charge in [-0.1, -0.05) is 52.7 Å². The lowest BCUT2D eigenvalue weighted by Gasteiger charge is -2.17. The molecule has 0 heterocycles. The first-order chi connectivity index (χ1) is 12.1. The summed E-state index contributed by atoms with van der Waals surface area (Å²) in [5, 5.41) is 13.3. The van der Waals surface area contributed by atoms with Gasteiger partial charge in [0.2, 0.25) is 0 Å². The molecule has 0 amide bonds. The number of methoxy groups -OCH3 is 1. The Morgan fingerprint density at radius 3 is 2.60 bits per heavy atom. The molecule has 2 rings (SSSR count). The third-order valence-corrected chi connectivity index (χ3v) is 5.07. The van der Waals surface area contributed by atoms with Crippen molar-refractivity contribution < 1.29 is 14.6 Å². The molecule has 0 aliphatic heterocycles. The first-order valence-electron chi connectivity index (χ1n) is 8.15. The van der Waals surface area contributed by atoms with E-state index >= 15 is 0 Å². The van der Waals surface area contributed by atoms with Crippen LogP contribution in [0, 0.1) is 0 Å². The molecule has 0 saturated carbocycles. The van der Waals surface area contributed by atoms with Crippen LogP contribution in [0.3, 0.4) is 0 Å². The molecule has 0 bridgehead atoms. The molecule has 0 aliphatic carbocycles. The quantitative estimate of drug-likeness (QED) is 0.615. The lowest BCUT2D eigenvalue weighted by molar-refractivity contribution is 0.238. The van der Waals surface area contributed by atoms with E-state index in [9.17, 15) is 5.11 Å². The molecule has 0 aliphatic rings. The standard InChI is InChI=1S/C19H23BrClNO3/c1-3-15(11-23)22-10-14-8-18(24-2)19(9-16(14)20)25-12-13-6-4-5-7-17(13)21/h4-9,15,22-23H,3,10-12H2,1-2H3. The predicted molar refractivity (Wildman–Crippen MR) is 104 cm³/mol. The van der Waals surface area contributed by atoms with Crippen molar-refractivity contribution in [2.24, 2.45) is 0 Å². The first-order valence-corrected chi connectivity index (χ1v) is 9.33. The third-order valence-electron chi connectivity index (χ3n) is 3.97. The van der Waals surface area contributed by atoms with Crippen LogP contribution in [0.1, 0.15) is 24.5 Å². The Morgan fingerprint density at radius 1 is 1.20 bits per heavy atom. The summed E-state index contributed by atoms with van der Waals surface area (Å²) in [7, 11) is 1.62. The summed E-state index contributed by atoms with van der Waals surface area (Å²) >= 11 is 9.75. The van der Waals surface area contributed by atoms with Crippen LogP contribution in [0.15, 0.2) is 40.9 Å². The average molecular weight is 429 g/mol. The zero-order valence-electron chi connectivity index (χ0n) is 14.4. The number of halogens is 2. The highest BCUT2D eigenvalue weighted by Gasteiger charge is 2.12. The summed E-state index contributed by atoms with van der Waals surface area (Å²) in [6.07, 6.45) is 0.865. The highest BCUT2D eigenvalue weighted by molar-refractivity contribution is 9.10. The second-order valence-corrected chi connectivity index (χ2v) is 6.90. The van der Waals surface area contributed by atoms with Gasteiger partial charge in [0.25, 0.3) is 0 Å². The van der Waals surface area contributed by atoms with Crippen molar-refractivity contribution in [1.82, 2.24) is 5.32 Å². The zero-order chi connectivity index (χ0) is 18.2. The first kappa shape index (κ1) is 20.0.